The average Bonchev–Trinajstić information content (AvgIpc) is 2.39. The maximum absolute atomic E-state index is 12.3. The molecule has 0 aliphatic carbocycles. The Kier molecular flexibility index (Phi) is 6.23. The van der Waals surface area contributed by atoms with Crippen molar-refractivity contribution in [2.24, 2.45) is 0 Å². The van der Waals surface area contributed by atoms with E-state index in [1.54, 1.807) is 7.11 Å². The number of carbonyl (C=O) groups is 1. The first-order valence-electron chi connectivity index (χ1n) is 7.07. The fourth-order valence-electron chi connectivity index (χ4n) is 2.54. The van der Waals surface area contributed by atoms with Gasteiger partial charge in [-0.1, -0.05) is 6.92 Å². The van der Waals surface area contributed by atoms with Crippen molar-refractivity contribution in [3.8, 4) is 0 Å². The summed E-state index contributed by atoms with van der Waals surface area (Å²) in [5.74, 6) is -0.172. The van der Waals surface area contributed by atoms with Gasteiger partial charge < -0.3 is 14.2 Å². The molecule has 19 heavy (non-hydrogen) atoms. The Hall–Kier alpha value is -0.650. The Morgan fingerprint density at radius 3 is 2.74 bits per heavy atom. The highest BCUT2D eigenvalue weighted by atomic mass is 16.5. The topological polar surface area (TPSA) is 56.8 Å². The third-order valence-corrected chi connectivity index (χ3v) is 3.84. The lowest BCUT2D eigenvalue weighted by Crippen LogP contribution is -2.61. The van der Waals surface area contributed by atoms with Crippen LogP contribution in [0.1, 0.15) is 40.0 Å². The summed E-state index contributed by atoms with van der Waals surface area (Å²) in [5.41, 5.74) is -0.914. The quantitative estimate of drug-likeness (QED) is 0.563. The lowest BCUT2D eigenvalue weighted by Gasteiger charge is -2.44. The van der Waals surface area contributed by atoms with E-state index in [1.165, 1.54) is 0 Å². The highest BCUT2D eigenvalue weighted by molar-refractivity contribution is 5.81. The van der Waals surface area contributed by atoms with Crippen molar-refractivity contribution >= 4 is 5.97 Å². The van der Waals surface area contributed by atoms with Gasteiger partial charge in [0.1, 0.15) is 5.54 Å². The Morgan fingerprint density at radius 1 is 1.42 bits per heavy atom. The Morgan fingerprint density at radius 2 is 2.16 bits per heavy atom. The number of carbonyl (C=O) groups excluding carboxylic acids is 1. The van der Waals surface area contributed by atoms with Gasteiger partial charge in [-0.3, -0.25) is 10.1 Å². The molecule has 0 aromatic rings. The fraction of sp³-hybridized carbons (Fsp3) is 0.929. The summed E-state index contributed by atoms with van der Waals surface area (Å²) in [6, 6.07) is 0. The minimum atomic E-state index is -0.641. The van der Waals surface area contributed by atoms with E-state index in [0.717, 1.165) is 6.42 Å². The Bertz CT molecular complexity index is 297. The van der Waals surface area contributed by atoms with Crippen molar-refractivity contribution in [1.29, 1.82) is 0 Å². The first kappa shape index (κ1) is 16.4. The molecular weight excluding hydrogens is 246 g/mol. The maximum Gasteiger partial charge on any atom is 0.326 e. The average molecular weight is 273 g/mol. The number of hydrogen-bond donors (Lipinski definition) is 1. The van der Waals surface area contributed by atoms with Crippen LogP contribution in [-0.4, -0.2) is 50.6 Å². The minimum absolute atomic E-state index is 0.172. The van der Waals surface area contributed by atoms with E-state index in [2.05, 4.69) is 19.2 Å². The molecule has 0 aromatic heterocycles. The molecule has 2 unspecified atom stereocenters. The second-order valence-corrected chi connectivity index (χ2v) is 5.30. The number of ether oxygens (including phenoxy) is 3. The number of rotatable bonds is 7. The lowest BCUT2D eigenvalue weighted by atomic mass is 9.79. The highest BCUT2D eigenvalue weighted by Crippen LogP contribution is 2.35. The molecule has 1 saturated heterocycles. The van der Waals surface area contributed by atoms with E-state index in [9.17, 15) is 4.79 Å². The second-order valence-electron chi connectivity index (χ2n) is 5.30. The van der Waals surface area contributed by atoms with Crippen LogP contribution in [0, 0.1) is 0 Å². The van der Waals surface area contributed by atoms with Gasteiger partial charge in [0.05, 0.1) is 18.8 Å². The maximum atomic E-state index is 12.3. The van der Waals surface area contributed by atoms with E-state index in [4.69, 9.17) is 14.2 Å². The molecule has 1 N–H and O–H groups in total. The van der Waals surface area contributed by atoms with Gasteiger partial charge in [-0.25, -0.2) is 0 Å². The summed E-state index contributed by atoms with van der Waals surface area (Å²) < 4.78 is 16.1. The number of nitrogens with one attached hydrogen (secondary N) is 1. The van der Waals surface area contributed by atoms with Crippen LogP contribution >= 0.6 is 0 Å². The number of esters is 1. The van der Waals surface area contributed by atoms with Crippen LogP contribution in [0.25, 0.3) is 0 Å². The van der Waals surface area contributed by atoms with Crippen LogP contribution < -0.4 is 5.32 Å². The van der Waals surface area contributed by atoms with Gasteiger partial charge in [0.25, 0.3) is 0 Å². The van der Waals surface area contributed by atoms with Crippen molar-refractivity contribution in [1.82, 2.24) is 5.32 Å². The molecule has 0 radical (unpaired) electrons. The molecule has 112 valence electrons. The van der Waals surface area contributed by atoms with Gasteiger partial charge in [0.2, 0.25) is 0 Å². The van der Waals surface area contributed by atoms with Crippen LogP contribution in [0.3, 0.4) is 0 Å². The summed E-state index contributed by atoms with van der Waals surface area (Å²) in [6.45, 7) is 8.15. The molecule has 1 heterocycles. The van der Waals surface area contributed by atoms with E-state index < -0.39 is 5.54 Å². The Labute approximate surface area is 116 Å². The predicted octanol–water partition coefficient (Wildman–Crippen LogP) is 1.50. The predicted molar refractivity (Wildman–Crippen MR) is 73.1 cm³/mol. The van der Waals surface area contributed by atoms with E-state index in [-0.39, 0.29) is 11.6 Å². The molecule has 0 bridgehead atoms. The van der Waals surface area contributed by atoms with Gasteiger partial charge in [-0.15, -0.1) is 0 Å². The lowest BCUT2D eigenvalue weighted by molar-refractivity contribution is -0.166. The van der Waals surface area contributed by atoms with Gasteiger partial charge >= 0.3 is 5.97 Å². The summed E-state index contributed by atoms with van der Waals surface area (Å²) in [7, 11) is 1.65. The van der Waals surface area contributed by atoms with Crippen molar-refractivity contribution < 1.29 is 19.0 Å². The normalized spacial score (nSPS) is 31.2. The molecule has 0 amide bonds. The van der Waals surface area contributed by atoms with Gasteiger partial charge in [-0.05, 0) is 26.7 Å². The summed E-state index contributed by atoms with van der Waals surface area (Å²) in [4.78, 5) is 12.3. The van der Waals surface area contributed by atoms with E-state index in [0.29, 0.717) is 39.2 Å². The molecule has 1 rings (SSSR count). The minimum Gasteiger partial charge on any atom is -0.465 e. The molecule has 1 fully saturated rings. The monoisotopic (exact) mass is 273 g/mol. The van der Waals surface area contributed by atoms with Gasteiger partial charge in [-0.2, -0.15) is 0 Å². The zero-order valence-corrected chi connectivity index (χ0v) is 12.6. The summed E-state index contributed by atoms with van der Waals surface area (Å²) in [5, 5.41) is 3.33. The third-order valence-electron chi connectivity index (χ3n) is 3.84. The van der Waals surface area contributed by atoms with Gasteiger partial charge in [0, 0.05) is 26.7 Å². The molecule has 5 nitrogen and oxygen atoms in total. The van der Waals surface area contributed by atoms with Crippen molar-refractivity contribution in [3.63, 3.8) is 0 Å². The molecule has 1 aliphatic heterocycles. The SMILES string of the molecule is CCOC(=O)C1(NCCOC)CCOC(C)(CC)C1. The third kappa shape index (κ3) is 4.16. The highest BCUT2D eigenvalue weighted by Gasteiger charge is 2.48. The van der Waals surface area contributed by atoms with Crippen LogP contribution in [0.4, 0.5) is 0 Å². The van der Waals surface area contributed by atoms with Crippen LogP contribution in [-0.2, 0) is 19.0 Å². The molecule has 1 aliphatic rings. The molecule has 0 spiro atoms. The summed E-state index contributed by atoms with van der Waals surface area (Å²) in [6.07, 6.45) is 2.16. The van der Waals surface area contributed by atoms with Gasteiger partial charge in [0.15, 0.2) is 0 Å². The van der Waals surface area contributed by atoms with Crippen LogP contribution in [0.5, 0.6) is 0 Å². The molecular formula is C14H27NO4. The van der Waals surface area contributed by atoms with Crippen LogP contribution in [0.15, 0.2) is 0 Å². The van der Waals surface area contributed by atoms with Crippen molar-refractivity contribution in [2.75, 3.05) is 33.5 Å². The molecule has 2 atom stereocenters. The second kappa shape index (κ2) is 7.22. The van der Waals surface area contributed by atoms with E-state index in [1.807, 2.05) is 6.92 Å². The zero-order chi connectivity index (χ0) is 14.4. The largest absolute Gasteiger partial charge is 0.465 e. The van der Waals surface area contributed by atoms with Crippen molar-refractivity contribution in [2.45, 2.75) is 51.2 Å². The van der Waals surface area contributed by atoms with Crippen LogP contribution in [0.2, 0.25) is 0 Å². The number of hydrogen-bond acceptors (Lipinski definition) is 5. The standard InChI is InChI=1S/C14H27NO4/c1-5-13(3)11-14(7-9-19-13,12(16)18-6-2)15-8-10-17-4/h15H,5-11H2,1-4H3. The zero-order valence-electron chi connectivity index (χ0n) is 12.6. The van der Waals surface area contributed by atoms with Crippen molar-refractivity contribution in [3.05, 3.63) is 0 Å². The molecule has 0 aromatic carbocycles. The number of methoxy groups -OCH3 is 1. The summed E-state index contributed by atoms with van der Waals surface area (Å²) >= 11 is 0. The van der Waals surface area contributed by atoms with E-state index >= 15 is 0 Å². The first-order valence-corrected chi connectivity index (χ1v) is 7.07. The smallest absolute Gasteiger partial charge is 0.326 e. The fourth-order valence-corrected chi connectivity index (χ4v) is 2.54. The molecule has 5 heteroatoms. The molecule has 0 saturated carbocycles. The Balaban J connectivity index is 2.81. The first-order chi connectivity index (χ1) is 9.02.